The Labute approximate surface area is 119 Å². The molecule has 2 rings (SSSR count). The minimum Gasteiger partial charge on any atom is -0.313 e. The lowest BCUT2D eigenvalue weighted by molar-refractivity contribution is 0.192. The molecule has 0 saturated carbocycles. The molecule has 1 N–H and O–H groups in total. The first-order valence-corrected chi connectivity index (χ1v) is 7.36. The molecule has 106 valence electrons. The second-order valence-electron chi connectivity index (χ2n) is 5.53. The van der Waals surface area contributed by atoms with Gasteiger partial charge in [0.2, 0.25) is 0 Å². The number of nitrogens with zero attached hydrogens (tertiary/aromatic N) is 1. The normalized spacial score (nSPS) is 19.6. The molecule has 0 aromatic heterocycles. The van der Waals surface area contributed by atoms with Crippen molar-refractivity contribution >= 4 is 11.6 Å². The van der Waals surface area contributed by atoms with Gasteiger partial charge in [-0.1, -0.05) is 23.7 Å². The molecular formula is C15H22ClFN2. The number of hydrogen-bond donors (Lipinski definition) is 1. The molecular weight excluding hydrogens is 263 g/mol. The number of halogens is 2. The zero-order valence-corrected chi connectivity index (χ0v) is 12.4. The predicted octanol–water partition coefficient (Wildman–Crippen LogP) is 3.44. The summed E-state index contributed by atoms with van der Waals surface area (Å²) in [6, 6.07) is 6.15. The van der Waals surface area contributed by atoms with Gasteiger partial charge in [-0.15, -0.1) is 0 Å². The first kappa shape index (κ1) is 14.8. The van der Waals surface area contributed by atoms with Crippen LogP contribution in [-0.2, 0) is 6.54 Å². The average Bonchev–Trinajstić information content (AvgIpc) is 2.86. The van der Waals surface area contributed by atoms with Crippen molar-refractivity contribution in [1.82, 2.24) is 10.2 Å². The Kier molecular flexibility index (Phi) is 5.20. The largest absolute Gasteiger partial charge is 0.313 e. The highest BCUT2D eigenvalue weighted by Gasteiger charge is 2.21. The van der Waals surface area contributed by atoms with Gasteiger partial charge < -0.3 is 5.32 Å². The van der Waals surface area contributed by atoms with Crippen molar-refractivity contribution < 1.29 is 4.39 Å². The number of benzene rings is 1. The van der Waals surface area contributed by atoms with Crippen LogP contribution in [0.25, 0.3) is 0 Å². The summed E-state index contributed by atoms with van der Waals surface area (Å²) in [7, 11) is 0. The average molecular weight is 285 g/mol. The number of hydrogen-bond acceptors (Lipinski definition) is 2. The van der Waals surface area contributed by atoms with E-state index in [9.17, 15) is 4.39 Å². The molecule has 0 aliphatic carbocycles. The maximum atomic E-state index is 14.0. The highest BCUT2D eigenvalue weighted by atomic mass is 35.5. The Morgan fingerprint density at radius 3 is 2.89 bits per heavy atom. The van der Waals surface area contributed by atoms with E-state index in [1.165, 1.54) is 12.8 Å². The fraction of sp³-hybridized carbons (Fsp3) is 0.600. The standard InChI is InChI=1S/C15H22ClFN2/c1-11(2)19(10-13-6-4-8-18-13)9-12-5-3-7-14(16)15(12)17/h3,5,7,11,13,18H,4,6,8-10H2,1-2H3. The lowest BCUT2D eigenvalue weighted by atomic mass is 10.1. The lowest BCUT2D eigenvalue weighted by Crippen LogP contribution is -2.40. The van der Waals surface area contributed by atoms with Gasteiger partial charge in [-0.2, -0.15) is 0 Å². The molecule has 1 saturated heterocycles. The van der Waals surface area contributed by atoms with Crippen LogP contribution in [0.15, 0.2) is 18.2 Å². The molecule has 0 bridgehead atoms. The molecule has 1 aliphatic heterocycles. The van der Waals surface area contributed by atoms with Gasteiger partial charge in [-0.3, -0.25) is 4.90 Å². The van der Waals surface area contributed by atoms with E-state index in [2.05, 4.69) is 24.1 Å². The Morgan fingerprint density at radius 1 is 1.47 bits per heavy atom. The van der Waals surface area contributed by atoms with Crippen LogP contribution in [0.2, 0.25) is 5.02 Å². The number of rotatable bonds is 5. The van der Waals surface area contributed by atoms with Crippen molar-refractivity contribution in [2.75, 3.05) is 13.1 Å². The van der Waals surface area contributed by atoms with E-state index in [1.54, 1.807) is 6.07 Å². The second kappa shape index (κ2) is 6.69. The summed E-state index contributed by atoms with van der Waals surface area (Å²) in [5.74, 6) is -0.283. The maximum Gasteiger partial charge on any atom is 0.146 e. The van der Waals surface area contributed by atoms with Crippen LogP contribution in [0, 0.1) is 5.82 Å². The Bertz CT molecular complexity index is 417. The third-order valence-corrected chi connectivity index (χ3v) is 4.04. The quantitative estimate of drug-likeness (QED) is 0.891. The molecule has 1 aliphatic rings. The minimum absolute atomic E-state index is 0.209. The van der Waals surface area contributed by atoms with Gasteiger partial charge in [-0.05, 0) is 39.3 Å². The molecule has 19 heavy (non-hydrogen) atoms. The molecule has 1 atom stereocenters. The summed E-state index contributed by atoms with van der Waals surface area (Å²) in [6.45, 7) is 6.97. The molecule has 0 amide bonds. The van der Waals surface area contributed by atoms with Crippen LogP contribution in [0.3, 0.4) is 0 Å². The van der Waals surface area contributed by atoms with E-state index >= 15 is 0 Å². The van der Waals surface area contributed by atoms with E-state index in [1.807, 2.05) is 12.1 Å². The molecule has 1 heterocycles. The molecule has 2 nitrogen and oxygen atoms in total. The third-order valence-electron chi connectivity index (χ3n) is 3.75. The van der Waals surface area contributed by atoms with Crippen molar-refractivity contribution in [3.8, 4) is 0 Å². The molecule has 0 radical (unpaired) electrons. The van der Waals surface area contributed by atoms with Crippen LogP contribution >= 0.6 is 11.6 Å². The maximum absolute atomic E-state index is 14.0. The van der Waals surface area contributed by atoms with Crippen molar-refractivity contribution in [3.63, 3.8) is 0 Å². The van der Waals surface area contributed by atoms with Gasteiger partial charge in [0.25, 0.3) is 0 Å². The van der Waals surface area contributed by atoms with Gasteiger partial charge in [0.05, 0.1) is 5.02 Å². The van der Waals surface area contributed by atoms with Gasteiger partial charge in [-0.25, -0.2) is 4.39 Å². The monoisotopic (exact) mass is 284 g/mol. The Morgan fingerprint density at radius 2 is 2.26 bits per heavy atom. The second-order valence-corrected chi connectivity index (χ2v) is 5.94. The molecule has 1 aromatic rings. The summed E-state index contributed by atoms with van der Waals surface area (Å²) in [6.07, 6.45) is 2.45. The van der Waals surface area contributed by atoms with E-state index in [-0.39, 0.29) is 10.8 Å². The zero-order chi connectivity index (χ0) is 13.8. The van der Waals surface area contributed by atoms with E-state index in [4.69, 9.17) is 11.6 Å². The summed E-state index contributed by atoms with van der Waals surface area (Å²) < 4.78 is 14.0. The Hall–Kier alpha value is -0.640. The molecule has 0 spiro atoms. The van der Waals surface area contributed by atoms with Crippen LogP contribution in [0.5, 0.6) is 0 Å². The van der Waals surface area contributed by atoms with Crippen LogP contribution in [0.1, 0.15) is 32.3 Å². The van der Waals surface area contributed by atoms with E-state index in [0.717, 1.165) is 13.1 Å². The fourth-order valence-electron chi connectivity index (χ4n) is 2.54. The molecule has 1 unspecified atom stereocenters. The summed E-state index contributed by atoms with van der Waals surface area (Å²) in [4.78, 5) is 2.30. The zero-order valence-electron chi connectivity index (χ0n) is 11.6. The van der Waals surface area contributed by atoms with Crippen molar-refractivity contribution in [2.45, 2.75) is 45.3 Å². The summed E-state index contributed by atoms with van der Waals surface area (Å²) in [5.41, 5.74) is 0.680. The Balaban J connectivity index is 2.05. The topological polar surface area (TPSA) is 15.3 Å². The first-order valence-electron chi connectivity index (χ1n) is 6.98. The molecule has 1 aromatic carbocycles. The minimum atomic E-state index is -0.283. The molecule has 1 fully saturated rings. The smallest absolute Gasteiger partial charge is 0.146 e. The van der Waals surface area contributed by atoms with E-state index in [0.29, 0.717) is 24.2 Å². The van der Waals surface area contributed by atoms with E-state index < -0.39 is 0 Å². The highest BCUT2D eigenvalue weighted by Crippen LogP contribution is 2.20. The fourth-order valence-corrected chi connectivity index (χ4v) is 2.74. The van der Waals surface area contributed by atoms with Crippen LogP contribution < -0.4 is 5.32 Å². The van der Waals surface area contributed by atoms with Gasteiger partial charge in [0, 0.05) is 30.7 Å². The predicted molar refractivity (Wildman–Crippen MR) is 78.0 cm³/mol. The first-order chi connectivity index (χ1) is 9.08. The van der Waals surface area contributed by atoms with Crippen molar-refractivity contribution in [2.24, 2.45) is 0 Å². The SMILES string of the molecule is CC(C)N(Cc1cccc(Cl)c1F)CC1CCCN1. The van der Waals surface area contributed by atoms with Gasteiger partial charge in [0.15, 0.2) is 0 Å². The summed E-state index contributed by atoms with van der Waals surface area (Å²) >= 11 is 5.84. The highest BCUT2D eigenvalue weighted by molar-refractivity contribution is 6.30. The van der Waals surface area contributed by atoms with Gasteiger partial charge in [0.1, 0.15) is 5.82 Å². The number of nitrogens with one attached hydrogen (secondary N) is 1. The van der Waals surface area contributed by atoms with Crippen molar-refractivity contribution in [3.05, 3.63) is 34.6 Å². The van der Waals surface area contributed by atoms with Crippen molar-refractivity contribution in [1.29, 1.82) is 0 Å². The third kappa shape index (κ3) is 3.91. The van der Waals surface area contributed by atoms with Crippen LogP contribution in [0.4, 0.5) is 4.39 Å². The summed E-state index contributed by atoms with van der Waals surface area (Å²) in [5, 5.41) is 3.70. The lowest BCUT2D eigenvalue weighted by Gasteiger charge is -2.29. The van der Waals surface area contributed by atoms with Crippen LogP contribution in [-0.4, -0.2) is 30.1 Å². The van der Waals surface area contributed by atoms with Gasteiger partial charge >= 0.3 is 0 Å². The molecule has 4 heteroatoms.